The molecule has 0 saturated heterocycles. The maximum Gasteiger partial charge on any atom is 0.122 e. The molecule has 0 aliphatic carbocycles. The molecule has 0 unspecified atom stereocenters. The third-order valence-corrected chi connectivity index (χ3v) is 2.63. The van der Waals surface area contributed by atoms with E-state index in [4.69, 9.17) is 16.3 Å². The summed E-state index contributed by atoms with van der Waals surface area (Å²) in [6.45, 7) is 1.96. The Morgan fingerprint density at radius 2 is 2.09 bits per heavy atom. The maximum atomic E-state index is 5.84. The standard InChI is InChI=1S/C8H8BrClO/c1-5-3-7(10)6(9)4-8(5)11-2/h3-4H,1-2H3. The zero-order valence-electron chi connectivity index (χ0n) is 6.32. The van der Waals surface area contributed by atoms with Gasteiger partial charge in [0.25, 0.3) is 0 Å². The normalized spacial score (nSPS) is 9.82. The van der Waals surface area contributed by atoms with Gasteiger partial charge >= 0.3 is 0 Å². The number of benzene rings is 1. The van der Waals surface area contributed by atoms with Gasteiger partial charge in [-0.2, -0.15) is 0 Å². The van der Waals surface area contributed by atoms with Crippen LogP contribution < -0.4 is 4.74 Å². The van der Waals surface area contributed by atoms with Crippen molar-refractivity contribution in [2.45, 2.75) is 6.92 Å². The maximum absolute atomic E-state index is 5.84. The highest BCUT2D eigenvalue weighted by atomic mass is 79.9. The highest BCUT2D eigenvalue weighted by Gasteiger charge is 2.02. The third kappa shape index (κ3) is 1.88. The summed E-state index contributed by atoms with van der Waals surface area (Å²) in [6, 6.07) is 3.72. The van der Waals surface area contributed by atoms with Gasteiger partial charge in [-0.3, -0.25) is 0 Å². The Balaban J connectivity index is 3.21. The molecule has 0 aromatic heterocycles. The van der Waals surface area contributed by atoms with Gasteiger partial charge in [0.15, 0.2) is 0 Å². The van der Waals surface area contributed by atoms with Crippen molar-refractivity contribution in [2.75, 3.05) is 7.11 Å². The van der Waals surface area contributed by atoms with E-state index in [1.807, 2.05) is 19.1 Å². The van der Waals surface area contributed by atoms with E-state index in [2.05, 4.69) is 15.9 Å². The molecule has 0 aliphatic heterocycles. The van der Waals surface area contributed by atoms with Gasteiger partial charge in [0.1, 0.15) is 5.75 Å². The van der Waals surface area contributed by atoms with Crippen LogP contribution in [0.5, 0.6) is 5.75 Å². The molecule has 0 atom stereocenters. The number of rotatable bonds is 1. The Morgan fingerprint density at radius 1 is 1.45 bits per heavy atom. The van der Waals surface area contributed by atoms with Gasteiger partial charge < -0.3 is 4.74 Å². The molecule has 11 heavy (non-hydrogen) atoms. The average molecular weight is 236 g/mol. The quantitative estimate of drug-likeness (QED) is 0.725. The van der Waals surface area contributed by atoms with Crippen LogP contribution in [0, 0.1) is 6.92 Å². The summed E-state index contributed by atoms with van der Waals surface area (Å²) in [5.74, 6) is 0.848. The Bertz CT molecular complexity index is 273. The van der Waals surface area contributed by atoms with Crippen molar-refractivity contribution in [3.8, 4) is 5.75 Å². The predicted octanol–water partition coefficient (Wildman–Crippen LogP) is 3.42. The lowest BCUT2D eigenvalue weighted by molar-refractivity contribution is 0.411. The van der Waals surface area contributed by atoms with Crippen LogP contribution in [0.15, 0.2) is 16.6 Å². The first-order chi connectivity index (χ1) is 5.15. The summed E-state index contributed by atoms with van der Waals surface area (Å²) >= 11 is 9.15. The van der Waals surface area contributed by atoms with E-state index in [9.17, 15) is 0 Å². The number of hydrogen-bond donors (Lipinski definition) is 0. The molecule has 0 saturated carbocycles. The van der Waals surface area contributed by atoms with E-state index in [1.165, 1.54) is 0 Å². The van der Waals surface area contributed by atoms with E-state index >= 15 is 0 Å². The monoisotopic (exact) mass is 234 g/mol. The zero-order chi connectivity index (χ0) is 8.43. The number of halogens is 2. The first-order valence-electron chi connectivity index (χ1n) is 3.15. The van der Waals surface area contributed by atoms with Crippen molar-refractivity contribution in [3.63, 3.8) is 0 Å². The van der Waals surface area contributed by atoms with E-state index in [0.29, 0.717) is 5.02 Å². The SMILES string of the molecule is COc1cc(Br)c(Cl)cc1C. The Kier molecular flexibility index (Phi) is 2.79. The molecule has 0 heterocycles. The Hall–Kier alpha value is -0.210. The molecule has 1 aromatic rings. The van der Waals surface area contributed by atoms with Gasteiger partial charge in [-0.1, -0.05) is 11.6 Å². The average Bonchev–Trinajstić information content (AvgIpc) is 1.97. The molecule has 0 radical (unpaired) electrons. The van der Waals surface area contributed by atoms with E-state index in [1.54, 1.807) is 7.11 Å². The lowest BCUT2D eigenvalue weighted by Crippen LogP contribution is -1.86. The van der Waals surface area contributed by atoms with Crippen LogP contribution in [-0.2, 0) is 0 Å². The summed E-state index contributed by atoms with van der Waals surface area (Å²) in [7, 11) is 1.64. The molecule has 0 fully saturated rings. The fraction of sp³-hybridized carbons (Fsp3) is 0.250. The lowest BCUT2D eigenvalue weighted by atomic mass is 10.2. The van der Waals surface area contributed by atoms with Gasteiger partial charge in [-0.25, -0.2) is 0 Å². The summed E-state index contributed by atoms with van der Waals surface area (Å²) in [5.41, 5.74) is 1.04. The number of hydrogen-bond acceptors (Lipinski definition) is 1. The topological polar surface area (TPSA) is 9.23 Å². The second kappa shape index (κ2) is 3.46. The van der Waals surface area contributed by atoms with E-state index in [-0.39, 0.29) is 0 Å². The molecular formula is C8H8BrClO. The number of methoxy groups -OCH3 is 1. The Morgan fingerprint density at radius 3 is 2.64 bits per heavy atom. The molecule has 0 amide bonds. The molecular weight excluding hydrogens is 227 g/mol. The molecule has 0 bridgehead atoms. The molecule has 1 nitrogen and oxygen atoms in total. The lowest BCUT2D eigenvalue weighted by Gasteiger charge is -2.05. The highest BCUT2D eigenvalue weighted by Crippen LogP contribution is 2.29. The first-order valence-corrected chi connectivity index (χ1v) is 4.32. The summed E-state index contributed by atoms with van der Waals surface area (Å²) < 4.78 is 5.95. The van der Waals surface area contributed by atoms with Crippen LogP contribution in [0.4, 0.5) is 0 Å². The minimum atomic E-state index is 0.711. The van der Waals surface area contributed by atoms with Crippen LogP contribution >= 0.6 is 27.5 Å². The Labute approximate surface area is 79.4 Å². The number of ether oxygens (including phenoxy) is 1. The van der Waals surface area contributed by atoms with E-state index in [0.717, 1.165) is 15.8 Å². The molecule has 0 aliphatic rings. The van der Waals surface area contributed by atoms with Crippen molar-refractivity contribution in [3.05, 3.63) is 27.2 Å². The fourth-order valence-electron chi connectivity index (χ4n) is 0.848. The zero-order valence-corrected chi connectivity index (χ0v) is 8.66. The molecule has 0 spiro atoms. The van der Waals surface area contributed by atoms with E-state index < -0.39 is 0 Å². The second-order valence-corrected chi connectivity index (χ2v) is 3.50. The van der Waals surface area contributed by atoms with Crippen LogP contribution in [0.2, 0.25) is 5.02 Å². The van der Waals surface area contributed by atoms with Crippen molar-refractivity contribution in [1.82, 2.24) is 0 Å². The van der Waals surface area contributed by atoms with Gasteiger partial charge in [-0.05, 0) is 40.5 Å². The van der Waals surface area contributed by atoms with Crippen LogP contribution in [0.25, 0.3) is 0 Å². The van der Waals surface area contributed by atoms with Crippen molar-refractivity contribution in [1.29, 1.82) is 0 Å². The van der Waals surface area contributed by atoms with Gasteiger partial charge in [0, 0.05) is 4.47 Å². The highest BCUT2D eigenvalue weighted by molar-refractivity contribution is 9.10. The predicted molar refractivity (Wildman–Crippen MR) is 50.4 cm³/mol. The van der Waals surface area contributed by atoms with Crippen LogP contribution in [0.3, 0.4) is 0 Å². The molecule has 1 aromatic carbocycles. The van der Waals surface area contributed by atoms with Crippen molar-refractivity contribution in [2.24, 2.45) is 0 Å². The largest absolute Gasteiger partial charge is 0.496 e. The third-order valence-electron chi connectivity index (χ3n) is 1.44. The first kappa shape index (κ1) is 8.88. The molecule has 0 N–H and O–H groups in total. The van der Waals surface area contributed by atoms with Gasteiger partial charge in [0.2, 0.25) is 0 Å². The summed E-state index contributed by atoms with van der Waals surface area (Å²) in [5, 5.41) is 0.711. The fourth-order valence-corrected chi connectivity index (χ4v) is 1.39. The summed E-state index contributed by atoms with van der Waals surface area (Å²) in [4.78, 5) is 0. The van der Waals surface area contributed by atoms with Gasteiger partial charge in [0.05, 0.1) is 12.1 Å². The smallest absolute Gasteiger partial charge is 0.122 e. The molecule has 60 valence electrons. The minimum Gasteiger partial charge on any atom is -0.496 e. The van der Waals surface area contributed by atoms with Crippen LogP contribution in [-0.4, -0.2) is 7.11 Å². The molecule has 1 rings (SSSR count). The second-order valence-electron chi connectivity index (χ2n) is 2.24. The number of aryl methyl sites for hydroxylation is 1. The van der Waals surface area contributed by atoms with Crippen LogP contribution in [0.1, 0.15) is 5.56 Å². The van der Waals surface area contributed by atoms with Gasteiger partial charge in [-0.15, -0.1) is 0 Å². The van der Waals surface area contributed by atoms with Crippen molar-refractivity contribution < 1.29 is 4.74 Å². The summed E-state index contributed by atoms with van der Waals surface area (Å²) in [6.07, 6.45) is 0. The molecule has 3 heteroatoms. The van der Waals surface area contributed by atoms with Crippen molar-refractivity contribution >= 4 is 27.5 Å². The minimum absolute atomic E-state index is 0.711.